The maximum Gasteiger partial charge on any atom is 0.187 e. The lowest BCUT2D eigenvalue weighted by Crippen LogP contribution is -2.66. The Morgan fingerprint density at radius 3 is 1.50 bits per heavy atom. The fourth-order valence-electron chi connectivity index (χ4n) is 4.89. The Morgan fingerprint density at radius 1 is 0.548 bits per heavy atom. The molecule has 0 bridgehead atoms. The zero-order valence-corrected chi connectivity index (χ0v) is 22.5. The van der Waals surface area contributed by atoms with Crippen LogP contribution in [-0.4, -0.2) is 203 Å². The van der Waals surface area contributed by atoms with Gasteiger partial charge in [-0.1, -0.05) is 0 Å². The molecule has 0 amide bonds. The first-order chi connectivity index (χ1) is 19.8. The summed E-state index contributed by atoms with van der Waals surface area (Å²) in [5.41, 5.74) is 0. The van der Waals surface area contributed by atoms with Gasteiger partial charge in [-0.25, -0.2) is 0 Å². The molecule has 19 heteroatoms. The fraction of sp³-hybridized carbons (Fsp3) is 1.00. The van der Waals surface area contributed by atoms with Gasteiger partial charge in [0.1, 0.15) is 85.5 Å². The molecule has 0 aromatic heterocycles. The Balaban J connectivity index is 1.80. The van der Waals surface area contributed by atoms with Crippen LogP contribution in [0, 0.1) is 0 Å². The van der Waals surface area contributed by atoms with Gasteiger partial charge in [0.05, 0.1) is 32.5 Å². The highest BCUT2D eigenvalue weighted by Crippen LogP contribution is 2.33. The predicted octanol–water partition coefficient (Wildman–Crippen LogP) is -8.45. The summed E-state index contributed by atoms with van der Waals surface area (Å²) in [6, 6.07) is 0. The van der Waals surface area contributed by atoms with Gasteiger partial charge in [-0.2, -0.15) is 0 Å². The van der Waals surface area contributed by atoms with E-state index in [0.717, 1.165) is 0 Å². The highest BCUT2D eigenvalue weighted by Gasteiger charge is 2.54. The van der Waals surface area contributed by atoms with Gasteiger partial charge in [0.15, 0.2) is 18.9 Å². The molecule has 248 valence electrons. The highest BCUT2D eigenvalue weighted by atomic mass is 16.8. The molecule has 3 rings (SSSR count). The van der Waals surface area contributed by atoms with Gasteiger partial charge in [-0.3, -0.25) is 0 Å². The van der Waals surface area contributed by atoms with Crippen LogP contribution < -0.4 is 0 Å². The molecule has 18 atom stereocenters. The van der Waals surface area contributed by atoms with E-state index in [4.69, 9.17) is 28.4 Å². The van der Waals surface area contributed by atoms with E-state index in [1.54, 1.807) is 0 Å². The number of hydrogen-bond acceptors (Lipinski definition) is 19. The molecule has 3 fully saturated rings. The molecule has 0 radical (unpaired) electrons. The van der Waals surface area contributed by atoms with Gasteiger partial charge >= 0.3 is 0 Å². The summed E-state index contributed by atoms with van der Waals surface area (Å²) in [7, 11) is 0. The first-order valence-corrected chi connectivity index (χ1v) is 13.3. The summed E-state index contributed by atoms with van der Waals surface area (Å²) in [5.74, 6) is 0. The zero-order chi connectivity index (χ0) is 31.5. The van der Waals surface area contributed by atoms with Crippen molar-refractivity contribution >= 4 is 0 Å². The lowest BCUT2D eigenvalue weighted by molar-refractivity contribution is -0.383. The summed E-state index contributed by atoms with van der Waals surface area (Å²) in [5, 5.41) is 131. The second-order valence-electron chi connectivity index (χ2n) is 10.4. The van der Waals surface area contributed by atoms with Crippen LogP contribution in [0.1, 0.15) is 6.92 Å². The molecule has 3 aliphatic rings. The molecule has 3 heterocycles. The van der Waals surface area contributed by atoms with Crippen molar-refractivity contribution in [2.24, 2.45) is 0 Å². The van der Waals surface area contributed by atoms with Crippen LogP contribution in [-0.2, 0) is 28.4 Å². The van der Waals surface area contributed by atoms with Crippen molar-refractivity contribution in [3.63, 3.8) is 0 Å². The second-order valence-corrected chi connectivity index (χ2v) is 10.4. The third-order valence-corrected chi connectivity index (χ3v) is 7.46. The van der Waals surface area contributed by atoms with E-state index in [1.165, 1.54) is 6.92 Å². The van der Waals surface area contributed by atoms with E-state index in [1.807, 2.05) is 0 Å². The smallest absolute Gasteiger partial charge is 0.187 e. The monoisotopic (exact) mass is 622 g/mol. The summed E-state index contributed by atoms with van der Waals surface area (Å²) >= 11 is 0. The van der Waals surface area contributed by atoms with Crippen LogP contribution in [0.4, 0.5) is 0 Å². The fourth-order valence-corrected chi connectivity index (χ4v) is 4.89. The average Bonchev–Trinajstić information content (AvgIpc) is 2.98. The Bertz CT molecular complexity index is 798. The molecule has 13 N–H and O–H groups in total. The number of hydrogen-bond donors (Lipinski definition) is 13. The standard InChI is InChI=1S/C23H42O19/c1-6-11(30)19(16(35)22(37-6)40-18(7(28)2-24)8(29)3-25)41-23-17(36)20(13(32)10(5-27)39-23)42-21-15(34)14(33)12(31)9(4-26)38-21/h6-36H,2-5H2,1H3/t6-,7-,8+,9+,10+,11-,12-,13+,14-,15+,16+,17+,18?,19+,20-,21+,22+,23+/m0/s1. The molecule has 19 nitrogen and oxygen atoms in total. The molecule has 1 unspecified atom stereocenters. The summed E-state index contributed by atoms with van der Waals surface area (Å²) < 4.78 is 32.6. The number of aliphatic hydroxyl groups excluding tert-OH is 13. The van der Waals surface area contributed by atoms with Crippen LogP contribution in [0.5, 0.6) is 0 Å². The van der Waals surface area contributed by atoms with E-state index in [0.29, 0.717) is 0 Å². The van der Waals surface area contributed by atoms with Gasteiger partial charge in [0, 0.05) is 0 Å². The van der Waals surface area contributed by atoms with Crippen LogP contribution in [0.3, 0.4) is 0 Å². The Hall–Kier alpha value is -0.760. The summed E-state index contributed by atoms with van der Waals surface area (Å²) in [4.78, 5) is 0. The third kappa shape index (κ3) is 7.54. The minimum absolute atomic E-state index is 0.791. The quantitative estimate of drug-likeness (QED) is 0.0960. The average molecular weight is 623 g/mol. The van der Waals surface area contributed by atoms with Crippen LogP contribution >= 0.6 is 0 Å². The Kier molecular flexibility index (Phi) is 13.2. The maximum atomic E-state index is 11.0. The van der Waals surface area contributed by atoms with E-state index < -0.39 is 137 Å². The van der Waals surface area contributed by atoms with Crippen molar-refractivity contribution < 1.29 is 94.8 Å². The molecule has 0 aliphatic carbocycles. The van der Waals surface area contributed by atoms with Gasteiger partial charge in [-0.05, 0) is 6.92 Å². The van der Waals surface area contributed by atoms with Crippen LogP contribution in [0.15, 0.2) is 0 Å². The molecule has 0 aromatic rings. The van der Waals surface area contributed by atoms with E-state index in [9.17, 15) is 66.4 Å². The van der Waals surface area contributed by atoms with Gasteiger partial charge in [-0.15, -0.1) is 0 Å². The molecule has 3 aliphatic heterocycles. The van der Waals surface area contributed by atoms with E-state index in [-0.39, 0.29) is 0 Å². The van der Waals surface area contributed by atoms with E-state index in [2.05, 4.69) is 0 Å². The lowest BCUT2D eigenvalue weighted by Gasteiger charge is -2.48. The first kappa shape index (κ1) is 35.7. The largest absolute Gasteiger partial charge is 0.394 e. The van der Waals surface area contributed by atoms with Crippen molar-refractivity contribution in [3.8, 4) is 0 Å². The molecular weight excluding hydrogens is 580 g/mol. The zero-order valence-electron chi connectivity index (χ0n) is 22.5. The van der Waals surface area contributed by atoms with Gasteiger partial charge < -0.3 is 94.8 Å². The number of ether oxygens (including phenoxy) is 6. The minimum atomic E-state index is -1.98. The molecular formula is C23H42O19. The summed E-state index contributed by atoms with van der Waals surface area (Å²) in [6.45, 7) is -2.10. The third-order valence-electron chi connectivity index (χ3n) is 7.46. The van der Waals surface area contributed by atoms with Crippen LogP contribution in [0.25, 0.3) is 0 Å². The molecule has 0 aromatic carbocycles. The Labute approximate surface area is 239 Å². The minimum Gasteiger partial charge on any atom is -0.394 e. The normalized spacial score (nSPS) is 47.1. The van der Waals surface area contributed by atoms with Crippen molar-refractivity contribution in [1.29, 1.82) is 0 Å². The molecule has 0 saturated carbocycles. The topological polar surface area (TPSA) is 318 Å². The van der Waals surface area contributed by atoms with E-state index >= 15 is 0 Å². The lowest BCUT2D eigenvalue weighted by atomic mass is 9.96. The van der Waals surface area contributed by atoms with Crippen LogP contribution in [0.2, 0.25) is 0 Å². The maximum absolute atomic E-state index is 11.0. The predicted molar refractivity (Wildman–Crippen MR) is 129 cm³/mol. The summed E-state index contributed by atoms with van der Waals surface area (Å²) in [6.07, 6.45) is -30.8. The van der Waals surface area contributed by atoms with Gasteiger partial charge in [0.2, 0.25) is 0 Å². The molecule has 3 saturated heterocycles. The van der Waals surface area contributed by atoms with Crippen molar-refractivity contribution in [3.05, 3.63) is 0 Å². The number of aliphatic hydroxyl groups is 13. The number of rotatable bonds is 12. The van der Waals surface area contributed by atoms with Crippen molar-refractivity contribution in [2.45, 2.75) is 117 Å². The van der Waals surface area contributed by atoms with Crippen molar-refractivity contribution in [2.75, 3.05) is 26.4 Å². The van der Waals surface area contributed by atoms with Gasteiger partial charge in [0.25, 0.3) is 0 Å². The molecule has 42 heavy (non-hydrogen) atoms. The second kappa shape index (κ2) is 15.5. The Morgan fingerprint density at radius 2 is 1.00 bits per heavy atom. The SMILES string of the molecule is C[C@@H]1O[C@H](OC([C@H](O)CO)[C@@H](O)CO)[C@H](O)[C@H](O[C@H]2O[C@H](CO)[C@@H](O)[C@H](O[C@H]3O[C@H](CO)[C@H](O)[C@H](O)[C@H]3O)[C@H]2O)[C@H]1O. The highest BCUT2D eigenvalue weighted by molar-refractivity contribution is 4.96. The molecule has 0 spiro atoms. The van der Waals surface area contributed by atoms with Crippen molar-refractivity contribution in [1.82, 2.24) is 0 Å². The first-order valence-electron chi connectivity index (χ1n) is 13.3.